The van der Waals surface area contributed by atoms with Gasteiger partial charge in [-0.1, -0.05) is 13.8 Å². The summed E-state index contributed by atoms with van der Waals surface area (Å²) in [5.41, 5.74) is 1.89. The van der Waals surface area contributed by atoms with E-state index in [9.17, 15) is 4.79 Å². The lowest BCUT2D eigenvalue weighted by Gasteiger charge is -2.33. The van der Waals surface area contributed by atoms with Gasteiger partial charge in [-0.15, -0.1) is 0 Å². The van der Waals surface area contributed by atoms with Gasteiger partial charge in [-0.2, -0.15) is 0 Å². The molecule has 1 amide bonds. The van der Waals surface area contributed by atoms with Crippen LogP contribution in [0.15, 0.2) is 30.6 Å². The molecule has 2 aromatic rings. The maximum absolute atomic E-state index is 12.5. The van der Waals surface area contributed by atoms with Crippen LogP contribution >= 0.6 is 0 Å². The quantitative estimate of drug-likeness (QED) is 0.893. The summed E-state index contributed by atoms with van der Waals surface area (Å²) in [6.45, 7) is 5.76. The second-order valence-corrected chi connectivity index (χ2v) is 7.27. The molecule has 1 fully saturated rings. The Kier molecular flexibility index (Phi) is 5.81. The first-order valence-electron chi connectivity index (χ1n) is 9.31. The number of hydrogen-bond acceptors (Lipinski definition) is 5. The Bertz CT molecular complexity index is 747. The van der Waals surface area contributed by atoms with E-state index in [-0.39, 0.29) is 11.8 Å². The molecule has 1 aliphatic rings. The average Bonchev–Trinajstić information content (AvgIpc) is 2.68. The maximum atomic E-state index is 12.5. The Balaban J connectivity index is 1.85. The molecular formula is C20H27N5O. The third-order valence-electron chi connectivity index (χ3n) is 4.70. The summed E-state index contributed by atoms with van der Waals surface area (Å²) in [4.78, 5) is 28.0. The second-order valence-electron chi connectivity index (χ2n) is 7.27. The van der Waals surface area contributed by atoms with Gasteiger partial charge in [-0.3, -0.25) is 9.78 Å². The van der Waals surface area contributed by atoms with Crippen molar-refractivity contribution in [3.8, 4) is 11.4 Å². The maximum Gasteiger partial charge on any atom is 0.222 e. The van der Waals surface area contributed by atoms with E-state index in [0.717, 1.165) is 43.0 Å². The molecule has 0 radical (unpaired) electrons. The van der Waals surface area contributed by atoms with Crippen molar-refractivity contribution in [3.63, 3.8) is 0 Å². The molecule has 1 atom stereocenters. The van der Waals surface area contributed by atoms with Crippen LogP contribution in [0, 0.1) is 5.92 Å². The number of carbonyl (C=O) groups is 1. The number of aromatic nitrogens is 3. The first-order chi connectivity index (χ1) is 12.6. The molecule has 0 saturated carbocycles. The van der Waals surface area contributed by atoms with E-state index in [1.165, 1.54) is 0 Å². The van der Waals surface area contributed by atoms with E-state index in [1.54, 1.807) is 12.4 Å². The summed E-state index contributed by atoms with van der Waals surface area (Å²) in [5.74, 6) is 2.34. The molecule has 1 aliphatic heterocycles. The zero-order valence-corrected chi connectivity index (χ0v) is 15.8. The predicted octanol–water partition coefficient (Wildman–Crippen LogP) is 3.33. The number of carbonyl (C=O) groups excluding carboxylic acids is 1. The summed E-state index contributed by atoms with van der Waals surface area (Å²) in [5, 5.41) is 3.12. The highest BCUT2D eigenvalue weighted by Crippen LogP contribution is 2.29. The highest BCUT2D eigenvalue weighted by Gasteiger charge is 2.26. The van der Waals surface area contributed by atoms with Gasteiger partial charge < -0.3 is 10.2 Å². The van der Waals surface area contributed by atoms with E-state index in [4.69, 9.17) is 4.98 Å². The number of anilines is 1. The molecule has 26 heavy (non-hydrogen) atoms. The van der Waals surface area contributed by atoms with Crippen LogP contribution in [0.3, 0.4) is 0 Å². The van der Waals surface area contributed by atoms with E-state index in [1.807, 2.05) is 30.1 Å². The molecular weight excluding hydrogens is 326 g/mol. The van der Waals surface area contributed by atoms with Gasteiger partial charge in [-0.05, 0) is 30.9 Å². The van der Waals surface area contributed by atoms with E-state index < -0.39 is 0 Å². The molecule has 6 heteroatoms. The molecule has 0 aliphatic carbocycles. The third kappa shape index (κ3) is 4.36. The first-order valence-corrected chi connectivity index (χ1v) is 9.31. The Morgan fingerprint density at radius 2 is 2.23 bits per heavy atom. The van der Waals surface area contributed by atoms with Crippen LogP contribution in [0.1, 0.15) is 44.7 Å². The van der Waals surface area contributed by atoms with Crippen molar-refractivity contribution in [2.75, 3.05) is 25.5 Å². The minimum atomic E-state index is 0.241. The molecule has 0 bridgehead atoms. The van der Waals surface area contributed by atoms with Crippen LogP contribution in [0.2, 0.25) is 0 Å². The van der Waals surface area contributed by atoms with Gasteiger partial charge in [0.25, 0.3) is 0 Å². The lowest BCUT2D eigenvalue weighted by Crippen LogP contribution is -2.39. The highest BCUT2D eigenvalue weighted by atomic mass is 16.2. The first kappa shape index (κ1) is 18.3. The minimum absolute atomic E-state index is 0.241. The van der Waals surface area contributed by atoms with Gasteiger partial charge >= 0.3 is 0 Å². The van der Waals surface area contributed by atoms with Crippen molar-refractivity contribution >= 4 is 11.7 Å². The number of nitrogens with zero attached hydrogens (tertiary/aromatic N) is 4. The highest BCUT2D eigenvalue weighted by molar-refractivity contribution is 5.76. The summed E-state index contributed by atoms with van der Waals surface area (Å²) in [6, 6.07) is 5.85. The standard InChI is InChI=1S/C20H27N5O/c1-14(2)10-19(26)25-9-5-7-16(13-25)17-11-18(21-3)24-20(23-17)15-6-4-8-22-12-15/h4,6,8,11-12,14,16H,5,7,9-10,13H2,1-3H3,(H,21,23,24). The topological polar surface area (TPSA) is 71.0 Å². The minimum Gasteiger partial charge on any atom is -0.373 e. The monoisotopic (exact) mass is 353 g/mol. The molecule has 0 spiro atoms. The van der Waals surface area contributed by atoms with Gasteiger partial charge in [-0.25, -0.2) is 9.97 Å². The van der Waals surface area contributed by atoms with Crippen molar-refractivity contribution in [1.82, 2.24) is 19.9 Å². The van der Waals surface area contributed by atoms with Crippen molar-refractivity contribution in [2.45, 2.75) is 39.0 Å². The molecule has 3 heterocycles. The summed E-state index contributed by atoms with van der Waals surface area (Å²) < 4.78 is 0. The number of piperidine rings is 1. The molecule has 138 valence electrons. The van der Waals surface area contributed by atoms with Crippen molar-refractivity contribution in [3.05, 3.63) is 36.3 Å². The smallest absolute Gasteiger partial charge is 0.222 e. The van der Waals surface area contributed by atoms with Gasteiger partial charge in [0.05, 0.1) is 5.69 Å². The van der Waals surface area contributed by atoms with Gasteiger partial charge in [0.1, 0.15) is 5.82 Å². The SMILES string of the molecule is CNc1cc(C2CCCN(C(=O)CC(C)C)C2)nc(-c2cccnc2)n1. The van der Waals surface area contributed by atoms with Crippen LogP contribution in [0.4, 0.5) is 5.82 Å². The van der Waals surface area contributed by atoms with E-state index in [2.05, 4.69) is 29.1 Å². The number of pyridine rings is 1. The fourth-order valence-electron chi connectivity index (χ4n) is 3.35. The summed E-state index contributed by atoms with van der Waals surface area (Å²) in [7, 11) is 1.86. The average molecular weight is 353 g/mol. The normalized spacial score (nSPS) is 17.4. The molecule has 3 rings (SSSR count). The fourth-order valence-corrected chi connectivity index (χ4v) is 3.35. The number of amides is 1. The lowest BCUT2D eigenvalue weighted by molar-refractivity contribution is -0.133. The van der Waals surface area contributed by atoms with Gasteiger partial charge in [0.15, 0.2) is 5.82 Å². The Morgan fingerprint density at radius 3 is 2.92 bits per heavy atom. The number of hydrogen-bond donors (Lipinski definition) is 1. The zero-order valence-electron chi connectivity index (χ0n) is 15.8. The van der Waals surface area contributed by atoms with Crippen molar-refractivity contribution in [2.24, 2.45) is 5.92 Å². The molecule has 2 aromatic heterocycles. The van der Waals surface area contributed by atoms with Crippen LogP contribution in [-0.2, 0) is 4.79 Å². The largest absolute Gasteiger partial charge is 0.373 e. The Morgan fingerprint density at radius 1 is 1.38 bits per heavy atom. The molecule has 1 saturated heterocycles. The van der Waals surface area contributed by atoms with Crippen molar-refractivity contribution in [1.29, 1.82) is 0 Å². The summed E-state index contributed by atoms with van der Waals surface area (Å²) >= 11 is 0. The Labute approximate surface area is 155 Å². The van der Waals surface area contributed by atoms with E-state index >= 15 is 0 Å². The van der Waals surface area contributed by atoms with Crippen LogP contribution in [0.25, 0.3) is 11.4 Å². The molecule has 1 unspecified atom stereocenters. The predicted molar refractivity (Wildman–Crippen MR) is 103 cm³/mol. The molecule has 0 aromatic carbocycles. The third-order valence-corrected chi connectivity index (χ3v) is 4.70. The van der Waals surface area contributed by atoms with Crippen LogP contribution in [-0.4, -0.2) is 45.9 Å². The lowest BCUT2D eigenvalue weighted by atomic mass is 9.93. The molecule has 1 N–H and O–H groups in total. The summed E-state index contributed by atoms with van der Waals surface area (Å²) in [6.07, 6.45) is 6.18. The number of rotatable bonds is 5. The van der Waals surface area contributed by atoms with Crippen molar-refractivity contribution < 1.29 is 4.79 Å². The van der Waals surface area contributed by atoms with Gasteiger partial charge in [0.2, 0.25) is 5.91 Å². The second kappa shape index (κ2) is 8.25. The fraction of sp³-hybridized carbons (Fsp3) is 0.500. The molecule has 6 nitrogen and oxygen atoms in total. The number of nitrogens with one attached hydrogen (secondary N) is 1. The Hall–Kier alpha value is -2.50. The van der Waals surface area contributed by atoms with Crippen LogP contribution < -0.4 is 5.32 Å². The number of likely N-dealkylation sites (tertiary alicyclic amines) is 1. The van der Waals surface area contributed by atoms with E-state index in [0.29, 0.717) is 18.2 Å². The van der Waals surface area contributed by atoms with Gasteiger partial charge in [0, 0.05) is 56.5 Å². The zero-order chi connectivity index (χ0) is 18.5. The van der Waals surface area contributed by atoms with Crippen LogP contribution in [0.5, 0.6) is 0 Å².